The van der Waals surface area contributed by atoms with Gasteiger partial charge in [-0.25, -0.2) is 4.39 Å². The first kappa shape index (κ1) is 12.8. The first-order valence-corrected chi connectivity index (χ1v) is 6.24. The molecule has 1 aliphatic heterocycles. The van der Waals surface area contributed by atoms with Crippen molar-refractivity contribution >= 4 is 11.6 Å². The van der Waals surface area contributed by atoms with Crippen LogP contribution in [0.2, 0.25) is 5.02 Å². The minimum atomic E-state index is -0.286. The molecule has 0 spiro atoms. The van der Waals surface area contributed by atoms with Crippen LogP contribution in [-0.4, -0.2) is 26.8 Å². The van der Waals surface area contributed by atoms with E-state index in [1.54, 1.807) is 6.07 Å². The van der Waals surface area contributed by atoms with E-state index < -0.39 is 0 Å². The molecule has 0 amide bonds. The number of rotatable bonds is 3. The molecule has 17 heavy (non-hydrogen) atoms. The van der Waals surface area contributed by atoms with Crippen LogP contribution in [0.15, 0.2) is 18.2 Å². The Bertz CT molecular complexity index is 385. The van der Waals surface area contributed by atoms with Crippen molar-refractivity contribution in [1.82, 2.24) is 5.32 Å². The monoisotopic (exact) mass is 257 g/mol. The zero-order valence-corrected chi connectivity index (χ0v) is 10.7. The Morgan fingerprint density at radius 3 is 2.76 bits per heavy atom. The van der Waals surface area contributed by atoms with E-state index in [-0.39, 0.29) is 16.3 Å². The third-order valence-corrected chi connectivity index (χ3v) is 3.78. The summed E-state index contributed by atoms with van der Waals surface area (Å²) in [5.74, 6) is -0.286. The lowest BCUT2D eigenvalue weighted by atomic mass is 9.74. The Morgan fingerprint density at radius 1 is 1.41 bits per heavy atom. The van der Waals surface area contributed by atoms with Gasteiger partial charge in [0.25, 0.3) is 0 Å². The van der Waals surface area contributed by atoms with Crippen LogP contribution in [0.4, 0.5) is 4.39 Å². The molecule has 1 N–H and O–H groups in total. The minimum Gasteiger partial charge on any atom is -0.381 e. The molecular formula is C13H17ClFNO. The fourth-order valence-corrected chi connectivity index (χ4v) is 2.73. The van der Waals surface area contributed by atoms with E-state index in [1.807, 2.05) is 19.2 Å². The van der Waals surface area contributed by atoms with E-state index in [1.165, 1.54) is 0 Å². The molecule has 0 radical (unpaired) electrons. The molecule has 1 aromatic rings. The first-order chi connectivity index (χ1) is 8.19. The fraction of sp³-hybridized carbons (Fsp3) is 0.538. The standard InChI is InChI=1S/C13H17ClFNO/c1-16-9-13(5-7-17-8-6-13)10-3-2-4-11(14)12(10)15/h2-4,16H,5-9H2,1H3. The lowest BCUT2D eigenvalue weighted by Gasteiger charge is -2.38. The van der Waals surface area contributed by atoms with Crippen LogP contribution in [0.25, 0.3) is 0 Å². The Hall–Kier alpha value is -0.640. The zero-order chi connectivity index (χ0) is 12.3. The number of likely N-dealkylation sites (N-methyl/N-ethyl adjacent to an activating group) is 1. The van der Waals surface area contributed by atoms with Gasteiger partial charge in [-0.2, -0.15) is 0 Å². The SMILES string of the molecule is CNCC1(c2cccc(Cl)c2F)CCOCC1. The minimum absolute atomic E-state index is 0.192. The van der Waals surface area contributed by atoms with Crippen molar-refractivity contribution in [3.05, 3.63) is 34.6 Å². The highest BCUT2D eigenvalue weighted by Crippen LogP contribution is 2.37. The average Bonchev–Trinajstić information content (AvgIpc) is 2.34. The Balaban J connectivity index is 2.41. The van der Waals surface area contributed by atoms with Gasteiger partial charge in [0.05, 0.1) is 5.02 Å². The van der Waals surface area contributed by atoms with Crippen molar-refractivity contribution in [3.63, 3.8) is 0 Å². The van der Waals surface area contributed by atoms with Gasteiger partial charge in [-0.3, -0.25) is 0 Å². The normalized spacial score (nSPS) is 19.2. The smallest absolute Gasteiger partial charge is 0.145 e. The van der Waals surface area contributed by atoms with Gasteiger partial charge in [0.1, 0.15) is 5.82 Å². The number of benzene rings is 1. The lowest BCUT2D eigenvalue weighted by Crippen LogP contribution is -2.42. The van der Waals surface area contributed by atoms with E-state index in [0.717, 1.165) is 19.4 Å². The second-order valence-electron chi connectivity index (χ2n) is 4.52. The van der Waals surface area contributed by atoms with Gasteiger partial charge >= 0.3 is 0 Å². The summed E-state index contributed by atoms with van der Waals surface area (Å²) in [5, 5.41) is 3.36. The molecule has 0 aliphatic carbocycles. The molecule has 1 heterocycles. The molecule has 0 aromatic heterocycles. The summed E-state index contributed by atoms with van der Waals surface area (Å²) in [6.45, 7) is 2.09. The van der Waals surface area contributed by atoms with Crippen LogP contribution in [0, 0.1) is 5.82 Å². The summed E-state index contributed by atoms with van der Waals surface area (Å²) in [4.78, 5) is 0. The summed E-state index contributed by atoms with van der Waals surface area (Å²) in [7, 11) is 1.89. The van der Waals surface area contributed by atoms with Crippen molar-refractivity contribution in [1.29, 1.82) is 0 Å². The molecule has 0 saturated carbocycles. The Labute approximate surface area is 106 Å². The topological polar surface area (TPSA) is 21.3 Å². The molecule has 1 aliphatic rings. The van der Waals surface area contributed by atoms with Crippen LogP contribution in [-0.2, 0) is 10.2 Å². The predicted molar refractivity (Wildman–Crippen MR) is 67.1 cm³/mol. The average molecular weight is 258 g/mol. The maximum atomic E-state index is 14.2. The van der Waals surface area contributed by atoms with Crippen molar-refractivity contribution in [2.45, 2.75) is 18.3 Å². The third-order valence-electron chi connectivity index (χ3n) is 3.49. The highest BCUT2D eigenvalue weighted by atomic mass is 35.5. The molecule has 1 aromatic carbocycles. The van der Waals surface area contributed by atoms with Gasteiger partial charge in [0.15, 0.2) is 0 Å². The summed E-state index contributed by atoms with van der Waals surface area (Å²) in [5.41, 5.74) is 0.518. The van der Waals surface area contributed by atoms with Gasteiger partial charge in [-0.1, -0.05) is 23.7 Å². The van der Waals surface area contributed by atoms with E-state index in [2.05, 4.69) is 5.32 Å². The third kappa shape index (κ3) is 2.46. The van der Waals surface area contributed by atoms with Gasteiger partial charge < -0.3 is 10.1 Å². The summed E-state index contributed by atoms with van der Waals surface area (Å²) >= 11 is 5.87. The van der Waals surface area contributed by atoms with Crippen LogP contribution in [0.1, 0.15) is 18.4 Å². The Kier molecular flexibility index (Phi) is 4.02. The summed E-state index contributed by atoms with van der Waals surface area (Å²) < 4.78 is 19.5. The molecule has 0 bridgehead atoms. The molecule has 4 heteroatoms. The number of halogens is 2. The predicted octanol–water partition coefficient (Wildman–Crippen LogP) is 2.75. The molecule has 2 rings (SSSR count). The second kappa shape index (κ2) is 5.34. The van der Waals surface area contributed by atoms with Crippen molar-refractivity contribution in [2.24, 2.45) is 0 Å². The largest absolute Gasteiger partial charge is 0.381 e. The van der Waals surface area contributed by atoms with Crippen LogP contribution in [0.5, 0.6) is 0 Å². The fourth-order valence-electron chi connectivity index (χ4n) is 2.56. The van der Waals surface area contributed by atoms with Gasteiger partial charge in [-0.05, 0) is 31.5 Å². The van der Waals surface area contributed by atoms with Crippen LogP contribution >= 0.6 is 11.6 Å². The highest BCUT2D eigenvalue weighted by Gasteiger charge is 2.36. The Morgan fingerprint density at radius 2 is 2.12 bits per heavy atom. The summed E-state index contributed by atoms with van der Waals surface area (Å²) in [6.07, 6.45) is 1.65. The van der Waals surface area contributed by atoms with Crippen molar-refractivity contribution < 1.29 is 9.13 Å². The first-order valence-electron chi connectivity index (χ1n) is 5.86. The van der Waals surface area contributed by atoms with Gasteiger partial charge in [0.2, 0.25) is 0 Å². The van der Waals surface area contributed by atoms with Gasteiger partial charge in [-0.15, -0.1) is 0 Å². The molecule has 0 atom stereocenters. The van der Waals surface area contributed by atoms with Crippen LogP contribution < -0.4 is 5.32 Å². The maximum Gasteiger partial charge on any atom is 0.145 e. The second-order valence-corrected chi connectivity index (χ2v) is 4.93. The maximum absolute atomic E-state index is 14.2. The van der Waals surface area contributed by atoms with E-state index >= 15 is 0 Å². The van der Waals surface area contributed by atoms with Crippen molar-refractivity contribution in [2.75, 3.05) is 26.8 Å². The molecule has 0 unspecified atom stereocenters. The lowest BCUT2D eigenvalue weighted by molar-refractivity contribution is 0.0493. The summed E-state index contributed by atoms with van der Waals surface area (Å²) in [6, 6.07) is 5.24. The van der Waals surface area contributed by atoms with E-state index in [0.29, 0.717) is 18.8 Å². The number of ether oxygens (including phenoxy) is 1. The number of hydrogen-bond acceptors (Lipinski definition) is 2. The molecule has 2 nitrogen and oxygen atoms in total. The van der Waals surface area contributed by atoms with Crippen LogP contribution in [0.3, 0.4) is 0 Å². The van der Waals surface area contributed by atoms with Crippen molar-refractivity contribution in [3.8, 4) is 0 Å². The molecular weight excluding hydrogens is 241 g/mol. The zero-order valence-electron chi connectivity index (χ0n) is 9.93. The molecule has 1 fully saturated rings. The molecule has 94 valence electrons. The van der Waals surface area contributed by atoms with E-state index in [9.17, 15) is 4.39 Å². The number of nitrogens with one attached hydrogen (secondary N) is 1. The number of hydrogen-bond donors (Lipinski definition) is 1. The highest BCUT2D eigenvalue weighted by molar-refractivity contribution is 6.30. The van der Waals surface area contributed by atoms with Gasteiger partial charge in [0, 0.05) is 25.2 Å². The quantitative estimate of drug-likeness (QED) is 0.899. The molecule has 1 saturated heterocycles. The van der Waals surface area contributed by atoms with E-state index in [4.69, 9.17) is 16.3 Å².